The van der Waals surface area contributed by atoms with Crippen LogP contribution in [-0.4, -0.2) is 16.5 Å². The van der Waals surface area contributed by atoms with Gasteiger partial charge < -0.3 is 5.32 Å². The molecular formula is C14H14F3N3. The molecule has 2 rings (SSSR count). The second kappa shape index (κ2) is 5.48. The molecular weight excluding hydrogens is 267 g/mol. The van der Waals surface area contributed by atoms with Gasteiger partial charge in [0.15, 0.2) is 11.6 Å². The lowest BCUT2D eigenvalue weighted by atomic mass is 10.1. The summed E-state index contributed by atoms with van der Waals surface area (Å²) in [5.74, 6) is -2.21. The Bertz CT molecular complexity index is 657. The van der Waals surface area contributed by atoms with E-state index in [1.54, 1.807) is 13.8 Å². The van der Waals surface area contributed by atoms with E-state index in [1.165, 1.54) is 0 Å². The van der Waals surface area contributed by atoms with Crippen molar-refractivity contribution in [3.63, 3.8) is 0 Å². The van der Waals surface area contributed by atoms with E-state index in [0.29, 0.717) is 29.8 Å². The van der Waals surface area contributed by atoms with Gasteiger partial charge in [0.1, 0.15) is 17.5 Å². The second-order valence-electron chi connectivity index (χ2n) is 4.37. The minimum absolute atomic E-state index is 0.0777. The lowest BCUT2D eigenvalue weighted by molar-refractivity contribution is 0.496. The van der Waals surface area contributed by atoms with Crippen molar-refractivity contribution in [3.05, 3.63) is 41.0 Å². The normalized spacial score (nSPS) is 10.7. The maximum absolute atomic E-state index is 13.9. The number of benzene rings is 1. The van der Waals surface area contributed by atoms with Gasteiger partial charge in [-0.15, -0.1) is 0 Å². The Hall–Kier alpha value is -2.11. The first-order valence-corrected chi connectivity index (χ1v) is 6.18. The van der Waals surface area contributed by atoms with E-state index in [4.69, 9.17) is 0 Å². The average Bonchev–Trinajstić information content (AvgIpc) is 2.38. The summed E-state index contributed by atoms with van der Waals surface area (Å²) < 4.78 is 40.2. The summed E-state index contributed by atoms with van der Waals surface area (Å²) >= 11 is 0. The molecule has 6 heteroatoms. The van der Waals surface area contributed by atoms with Crippen molar-refractivity contribution >= 4 is 5.82 Å². The summed E-state index contributed by atoms with van der Waals surface area (Å²) in [4.78, 5) is 8.34. The molecule has 1 N–H and O–H groups in total. The van der Waals surface area contributed by atoms with Gasteiger partial charge in [0, 0.05) is 23.7 Å². The number of aromatic nitrogens is 2. The SMILES string of the molecule is CCNc1nc(C)nc(-c2cc(F)c(F)cc2F)c1C. The highest BCUT2D eigenvalue weighted by Gasteiger charge is 2.17. The Kier molecular flexibility index (Phi) is 3.92. The second-order valence-corrected chi connectivity index (χ2v) is 4.37. The third kappa shape index (κ3) is 2.59. The minimum atomic E-state index is -1.22. The highest BCUT2D eigenvalue weighted by Crippen LogP contribution is 2.29. The zero-order valence-electron chi connectivity index (χ0n) is 11.4. The fraction of sp³-hybridized carbons (Fsp3) is 0.286. The molecule has 0 unspecified atom stereocenters. The van der Waals surface area contributed by atoms with Gasteiger partial charge in [-0.1, -0.05) is 0 Å². The molecule has 0 aliphatic rings. The molecule has 20 heavy (non-hydrogen) atoms. The Morgan fingerprint density at radius 1 is 1.00 bits per heavy atom. The van der Waals surface area contributed by atoms with Crippen molar-refractivity contribution in [1.29, 1.82) is 0 Å². The van der Waals surface area contributed by atoms with Crippen molar-refractivity contribution in [2.45, 2.75) is 20.8 Å². The number of hydrogen-bond acceptors (Lipinski definition) is 3. The van der Waals surface area contributed by atoms with Crippen LogP contribution in [0.5, 0.6) is 0 Å². The molecule has 0 amide bonds. The summed E-state index contributed by atoms with van der Waals surface area (Å²) in [5, 5.41) is 3.03. The van der Waals surface area contributed by atoms with Gasteiger partial charge in [0.2, 0.25) is 0 Å². The summed E-state index contributed by atoms with van der Waals surface area (Å²) in [6, 6.07) is 1.34. The third-order valence-electron chi connectivity index (χ3n) is 2.87. The topological polar surface area (TPSA) is 37.8 Å². The van der Waals surface area contributed by atoms with Gasteiger partial charge in [-0.2, -0.15) is 0 Å². The molecule has 0 saturated heterocycles. The van der Waals surface area contributed by atoms with Crippen LogP contribution in [0.1, 0.15) is 18.3 Å². The predicted octanol–water partition coefficient (Wildman–Crippen LogP) is 3.61. The van der Waals surface area contributed by atoms with Gasteiger partial charge in [-0.05, 0) is 26.8 Å². The van der Waals surface area contributed by atoms with Crippen LogP contribution in [0.15, 0.2) is 12.1 Å². The number of rotatable bonds is 3. The molecule has 0 atom stereocenters. The van der Waals surface area contributed by atoms with Gasteiger partial charge in [-0.3, -0.25) is 0 Å². The monoisotopic (exact) mass is 281 g/mol. The first-order chi connectivity index (χ1) is 9.43. The van der Waals surface area contributed by atoms with Crippen molar-refractivity contribution in [1.82, 2.24) is 9.97 Å². The van der Waals surface area contributed by atoms with Crippen LogP contribution < -0.4 is 5.32 Å². The minimum Gasteiger partial charge on any atom is -0.370 e. The largest absolute Gasteiger partial charge is 0.370 e. The average molecular weight is 281 g/mol. The van der Waals surface area contributed by atoms with Gasteiger partial charge in [0.25, 0.3) is 0 Å². The Labute approximate surface area is 114 Å². The van der Waals surface area contributed by atoms with Crippen LogP contribution >= 0.6 is 0 Å². The van der Waals surface area contributed by atoms with Crippen molar-refractivity contribution in [3.8, 4) is 11.3 Å². The molecule has 0 fully saturated rings. The zero-order valence-corrected chi connectivity index (χ0v) is 11.4. The molecule has 3 nitrogen and oxygen atoms in total. The van der Waals surface area contributed by atoms with Crippen LogP contribution in [0.4, 0.5) is 19.0 Å². The van der Waals surface area contributed by atoms with Crippen LogP contribution in [0.25, 0.3) is 11.3 Å². The number of aryl methyl sites for hydroxylation is 1. The lowest BCUT2D eigenvalue weighted by Crippen LogP contribution is -2.07. The van der Waals surface area contributed by atoms with E-state index in [0.717, 1.165) is 6.07 Å². The lowest BCUT2D eigenvalue weighted by Gasteiger charge is -2.13. The highest BCUT2D eigenvalue weighted by molar-refractivity contribution is 5.68. The van der Waals surface area contributed by atoms with E-state index in [-0.39, 0.29) is 11.3 Å². The first-order valence-electron chi connectivity index (χ1n) is 6.18. The number of hydrogen-bond donors (Lipinski definition) is 1. The van der Waals surface area contributed by atoms with Crippen LogP contribution in [0, 0.1) is 31.3 Å². The summed E-state index contributed by atoms with van der Waals surface area (Å²) in [6.07, 6.45) is 0. The van der Waals surface area contributed by atoms with Crippen molar-refractivity contribution in [2.24, 2.45) is 0 Å². The molecule has 0 aliphatic heterocycles. The molecule has 2 aromatic rings. The van der Waals surface area contributed by atoms with E-state index < -0.39 is 17.5 Å². The fourth-order valence-electron chi connectivity index (χ4n) is 1.93. The van der Waals surface area contributed by atoms with Gasteiger partial charge in [-0.25, -0.2) is 23.1 Å². The van der Waals surface area contributed by atoms with E-state index >= 15 is 0 Å². The quantitative estimate of drug-likeness (QED) is 0.873. The summed E-state index contributed by atoms with van der Waals surface area (Å²) in [7, 11) is 0. The summed E-state index contributed by atoms with van der Waals surface area (Å²) in [6.45, 7) is 5.89. The molecule has 1 aromatic heterocycles. The van der Waals surface area contributed by atoms with Gasteiger partial charge >= 0.3 is 0 Å². The smallest absolute Gasteiger partial charge is 0.161 e. The van der Waals surface area contributed by atoms with Gasteiger partial charge in [0.05, 0.1) is 5.69 Å². The fourth-order valence-corrected chi connectivity index (χ4v) is 1.93. The molecule has 0 radical (unpaired) electrons. The Balaban J connectivity index is 2.66. The van der Waals surface area contributed by atoms with Crippen molar-refractivity contribution < 1.29 is 13.2 Å². The van der Waals surface area contributed by atoms with Crippen LogP contribution in [0.3, 0.4) is 0 Å². The maximum Gasteiger partial charge on any atom is 0.161 e. The van der Waals surface area contributed by atoms with E-state index in [2.05, 4.69) is 15.3 Å². The van der Waals surface area contributed by atoms with Crippen LogP contribution in [-0.2, 0) is 0 Å². The molecule has 1 heterocycles. The molecule has 0 spiro atoms. The van der Waals surface area contributed by atoms with E-state index in [9.17, 15) is 13.2 Å². The molecule has 0 aliphatic carbocycles. The maximum atomic E-state index is 13.9. The number of nitrogens with zero attached hydrogens (tertiary/aromatic N) is 2. The zero-order chi connectivity index (χ0) is 14.9. The van der Waals surface area contributed by atoms with Crippen molar-refractivity contribution in [2.75, 3.05) is 11.9 Å². The molecule has 1 aromatic carbocycles. The van der Waals surface area contributed by atoms with Crippen LogP contribution in [0.2, 0.25) is 0 Å². The Morgan fingerprint density at radius 2 is 1.65 bits per heavy atom. The number of halogens is 3. The first kappa shape index (κ1) is 14.3. The molecule has 0 saturated carbocycles. The predicted molar refractivity (Wildman–Crippen MR) is 71.0 cm³/mol. The number of anilines is 1. The summed E-state index contributed by atoms with van der Waals surface area (Å²) in [5.41, 5.74) is 0.762. The number of nitrogens with one attached hydrogen (secondary N) is 1. The Morgan fingerprint density at radius 3 is 2.30 bits per heavy atom. The standard InChI is InChI=1S/C14H14F3N3/c1-4-18-14-7(2)13(19-8(3)20-14)9-5-11(16)12(17)6-10(9)15/h5-6H,4H2,1-3H3,(H,18,19,20). The van der Waals surface area contributed by atoms with E-state index in [1.807, 2.05) is 6.92 Å². The molecule has 106 valence electrons. The molecule has 0 bridgehead atoms. The third-order valence-corrected chi connectivity index (χ3v) is 2.87. The highest BCUT2D eigenvalue weighted by atomic mass is 19.2.